The Kier molecular flexibility index (Phi) is 7.11. The van der Waals surface area contributed by atoms with Gasteiger partial charge in [-0.05, 0) is 37.3 Å². The summed E-state index contributed by atoms with van der Waals surface area (Å²) in [5, 5.41) is 2.64. The number of esters is 1. The highest BCUT2D eigenvalue weighted by Gasteiger charge is 2.19. The fourth-order valence-corrected chi connectivity index (χ4v) is 5.69. The fourth-order valence-electron chi connectivity index (χ4n) is 2.56. The number of amides is 1. The third-order valence-electron chi connectivity index (χ3n) is 3.97. The monoisotopic (exact) mass is 464 g/mol. The number of sulfone groups is 1. The molecule has 0 saturated carbocycles. The molecular formula is C20H20N2O5S3. The second kappa shape index (κ2) is 9.59. The summed E-state index contributed by atoms with van der Waals surface area (Å²) in [6.07, 6.45) is 0. The molecule has 1 heterocycles. The number of thioether (sulfide) groups is 1. The summed E-state index contributed by atoms with van der Waals surface area (Å²) in [5.41, 5.74) is 2.23. The molecule has 0 aliphatic carbocycles. The summed E-state index contributed by atoms with van der Waals surface area (Å²) in [6.45, 7) is 3.54. The standard InChI is InChI=1S/C20H20N2O5S3/c1-13-3-6-16(7-4-13)30(25,26)12-19(24)21-15-5-8-17-18(11-15)29-20(22-17)28-10-9-27-14(2)23/h3-8,11H,9-10,12H2,1-2H3,(H,21,24). The van der Waals surface area contributed by atoms with Crippen LogP contribution in [0, 0.1) is 6.92 Å². The number of fused-ring (bicyclic) bond motifs is 1. The first kappa shape index (κ1) is 22.3. The molecular weight excluding hydrogens is 444 g/mol. The van der Waals surface area contributed by atoms with Crippen LogP contribution in [-0.2, 0) is 24.2 Å². The Bertz CT molecular complexity index is 1170. The van der Waals surface area contributed by atoms with E-state index in [0.717, 1.165) is 20.1 Å². The van der Waals surface area contributed by atoms with Crippen LogP contribution >= 0.6 is 23.1 Å². The van der Waals surface area contributed by atoms with Crippen LogP contribution in [0.25, 0.3) is 10.2 Å². The summed E-state index contributed by atoms with van der Waals surface area (Å²) >= 11 is 2.93. The summed E-state index contributed by atoms with van der Waals surface area (Å²) in [4.78, 5) is 27.7. The molecule has 2 aromatic carbocycles. The first-order valence-electron chi connectivity index (χ1n) is 8.99. The molecule has 30 heavy (non-hydrogen) atoms. The van der Waals surface area contributed by atoms with Gasteiger partial charge in [-0.1, -0.05) is 29.5 Å². The summed E-state index contributed by atoms with van der Waals surface area (Å²) in [7, 11) is -3.71. The molecule has 3 aromatic rings. The lowest BCUT2D eigenvalue weighted by Crippen LogP contribution is -2.23. The van der Waals surface area contributed by atoms with Crippen molar-refractivity contribution in [2.75, 3.05) is 23.4 Å². The Morgan fingerprint density at radius 1 is 1.17 bits per heavy atom. The van der Waals surface area contributed by atoms with Gasteiger partial charge in [-0.3, -0.25) is 9.59 Å². The minimum Gasteiger partial charge on any atom is -0.465 e. The number of carbonyl (C=O) groups is 2. The number of benzene rings is 2. The number of nitrogens with zero attached hydrogens (tertiary/aromatic N) is 1. The van der Waals surface area contributed by atoms with E-state index in [4.69, 9.17) is 4.74 Å². The lowest BCUT2D eigenvalue weighted by molar-refractivity contribution is -0.140. The Balaban J connectivity index is 1.63. The number of hydrogen-bond acceptors (Lipinski definition) is 8. The second-order valence-corrected chi connectivity index (χ2v) is 10.8. The minimum absolute atomic E-state index is 0.122. The van der Waals surface area contributed by atoms with Gasteiger partial charge in [-0.15, -0.1) is 11.3 Å². The van der Waals surface area contributed by atoms with Crippen LogP contribution in [0.5, 0.6) is 0 Å². The van der Waals surface area contributed by atoms with E-state index in [1.807, 2.05) is 6.92 Å². The molecule has 10 heteroatoms. The van der Waals surface area contributed by atoms with Crippen molar-refractivity contribution >= 4 is 60.7 Å². The highest BCUT2D eigenvalue weighted by molar-refractivity contribution is 8.01. The number of anilines is 1. The van der Waals surface area contributed by atoms with Crippen molar-refractivity contribution in [2.24, 2.45) is 0 Å². The molecule has 1 amide bonds. The summed E-state index contributed by atoms with van der Waals surface area (Å²) in [6, 6.07) is 11.6. The molecule has 0 saturated heterocycles. The Hall–Kier alpha value is -2.43. The number of thiazole rings is 1. The molecule has 1 aromatic heterocycles. The first-order valence-corrected chi connectivity index (χ1v) is 12.4. The molecule has 3 rings (SSSR count). The fraction of sp³-hybridized carbons (Fsp3) is 0.250. The molecule has 0 aliphatic heterocycles. The third kappa shape index (κ3) is 6.04. The SMILES string of the molecule is CC(=O)OCCSc1nc2ccc(NC(=O)CS(=O)(=O)c3ccc(C)cc3)cc2s1. The van der Waals surface area contributed by atoms with Crippen molar-refractivity contribution in [3.05, 3.63) is 48.0 Å². The molecule has 0 aliphatic rings. The molecule has 0 spiro atoms. The number of aryl methyl sites for hydroxylation is 1. The zero-order chi connectivity index (χ0) is 21.7. The number of hydrogen-bond donors (Lipinski definition) is 1. The van der Waals surface area contributed by atoms with Gasteiger partial charge in [0, 0.05) is 18.4 Å². The number of carbonyl (C=O) groups excluding carboxylic acids is 2. The van der Waals surface area contributed by atoms with Crippen molar-refractivity contribution in [1.82, 2.24) is 4.98 Å². The molecule has 7 nitrogen and oxygen atoms in total. The maximum absolute atomic E-state index is 12.4. The van der Waals surface area contributed by atoms with Crippen molar-refractivity contribution in [3.63, 3.8) is 0 Å². The van der Waals surface area contributed by atoms with Gasteiger partial charge in [0.25, 0.3) is 0 Å². The zero-order valence-corrected chi connectivity index (χ0v) is 18.8. The van der Waals surface area contributed by atoms with Crippen molar-refractivity contribution < 1.29 is 22.7 Å². The average molecular weight is 465 g/mol. The molecule has 0 atom stereocenters. The molecule has 0 unspecified atom stereocenters. The Morgan fingerprint density at radius 2 is 1.90 bits per heavy atom. The van der Waals surface area contributed by atoms with Crippen LogP contribution < -0.4 is 5.32 Å². The highest BCUT2D eigenvalue weighted by atomic mass is 32.2. The topological polar surface area (TPSA) is 102 Å². The number of rotatable bonds is 8. The van der Waals surface area contributed by atoms with Crippen LogP contribution in [0.4, 0.5) is 5.69 Å². The smallest absolute Gasteiger partial charge is 0.302 e. The van der Waals surface area contributed by atoms with Crippen molar-refractivity contribution in [1.29, 1.82) is 0 Å². The van der Waals surface area contributed by atoms with E-state index in [1.165, 1.54) is 42.2 Å². The van der Waals surface area contributed by atoms with Gasteiger partial charge in [-0.2, -0.15) is 0 Å². The van der Waals surface area contributed by atoms with E-state index < -0.39 is 21.5 Å². The van der Waals surface area contributed by atoms with Gasteiger partial charge < -0.3 is 10.1 Å². The summed E-state index contributed by atoms with van der Waals surface area (Å²) in [5.74, 6) is -0.950. The quantitative estimate of drug-likeness (QED) is 0.308. The van der Waals surface area contributed by atoms with Crippen LogP contribution in [0.15, 0.2) is 51.7 Å². The Morgan fingerprint density at radius 3 is 2.60 bits per heavy atom. The normalized spacial score (nSPS) is 11.4. The van der Waals surface area contributed by atoms with E-state index in [0.29, 0.717) is 18.0 Å². The van der Waals surface area contributed by atoms with E-state index in [2.05, 4.69) is 10.3 Å². The maximum Gasteiger partial charge on any atom is 0.302 e. The lowest BCUT2D eigenvalue weighted by Gasteiger charge is -2.07. The van der Waals surface area contributed by atoms with E-state index in [-0.39, 0.29) is 10.9 Å². The van der Waals surface area contributed by atoms with Crippen LogP contribution in [-0.4, -0.2) is 43.4 Å². The van der Waals surface area contributed by atoms with Gasteiger partial charge >= 0.3 is 5.97 Å². The largest absolute Gasteiger partial charge is 0.465 e. The number of ether oxygens (including phenoxy) is 1. The van der Waals surface area contributed by atoms with Crippen LogP contribution in [0.2, 0.25) is 0 Å². The van der Waals surface area contributed by atoms with Gasteiger partial charge in [0.15, 0.2) is 14.2 Å². The minimum atomic E-state index is -3.71. The number of nitrogens with one attached hydrogen (secondary N) is 1. The van der Waals surface area contributed by atoms with E-state index in [1.54, 1.807) is 30.3 Å². The van der Waals surface area contributed by atoms with Gasteiger partial charge in [0.1, 0.15) is 12.4 Å². The Labute approximate surface area is 182 Å². The van der Waals surface area contributed by atoms with Crippen molar-refractivity contribution in [3.8, 4) is 0 Å². The maximum atomic E-state index is 12.4. The predicted octanol–water partition coefficient (Wildman–Crippen LogP) is 3.67. The molecule has 0 bridgehead atoms. The number of aromatic nitrogens is 1. The van der Waals surface area contributed by atoms with Gasteiger partial charge in [0.2, 0.25) is 5.91 Å². The van der Waals surface area contributed by atoms with E-state index >= 15 is 0 Å². The van der Waals surface area contributed by atoms with Crippen LogP contribution in [0.3, 0.4) is 0 Å². The van der Waals surface area contributed by atoms with E-state index in [9.17, 15) is 18.0 Å². The average Bonchev–Trinajstić information content (AvgIpc) is 3.07. The highest BCUT2D eigenvalue weighted by Crippen LogP contribution is 2.31. The first-order chi connectivity index (χ1) is 14.2. The lowest BCUT2D eigenvalue weighted by atomic mass is 10.2. The van der Waals surface area contributed by atoms with Gasteiger partial charge in [-0.25, -0.2) is 13.4 Å². The molecule has 0 fully saturated rings. The molecule has 1 N–H and O–H groups in total. The summed E-state index contributed by atoms with van der Waals surface area (Å²) < 4.78 is 31.4. The molecule has 158 valence electrons. The third-order valence-corrected chi connectivity index (χ3v) is 7.73. The molecule has 0 radical (unpaired) electrons. The van der Waals surface area contributed by atoms with Gasteiger partial charge in [0.05, 0.1) is 15.1 Å². The zero-order valence-electron chi connectivity index (χ0n) is 16.4. The van der Waals surface area contributed by atoms with Crippen molar-refractivity contribution in [2.45, 2.75) is 23.1 Å². The van der Waals surface area contributed by atoms with Crippen LogP contribution in [0.1, 0.15) is 12.5 Å². The predicted molar refractivity (Wildman–Crippen MR) is 119 cm³/mol. The second-order valence-electron chi connectivity index (χ2n) is 6.47.